The molecule has 0 spiro atoms. The van der Waals surface area contributed by atoms with Gasteiger partial charge in [0.05, 0.1) is 17.2 Å². The Kier molecular flexibility index (Phi) is 2.64. The smallest absolute Gasteiger partial charge is 0.172 e. The van der Waals surface area contributed by atoms with E-state index in [4.69, 9.17) is 4.74 Å². The van der Waals surface area contributed by atoms with E-state index in [2.05, 4.69) is 15.9 Å². The predicted molar refractivity (Wildman–Crippen MR) is 60.2 cm³/mol. The molecular formula is C11H13BrO3. The molecule has 82 valence electrons. The van der Waals surface area contributed by atoms with Crippen molar-refractivity contribution in [3.63, 3.8) is 0 Å². The van der Waals surface area contributed by atoms with Crippen molar-refractivity contribution in [3.8, 4) is 11.5 Å². The van der Waals surface area contributed by atoms with Crippen LogP contribution in [0.1, 0.15) is 18.4 Å². The second-order valence-electron chi connectivity index (χ2n) is 3.99. The monoisotopic (exact) mass is 272 g/mol. The molecule has 1 aliphatic carbocycles. The van der Waals surface area contributed by atoms with Gasteiger partial charge in [-0.05, 0) is 40.4 Å². The maximum Gasteiger partial charge on any atom is 0.172 e. The fourth-order valence-electron chi connectivity index (χ4n) is 1.57. The van der Waals surface area contributed by atoms with Gasteiger partial charge in [0.25, 0.3) is 0 Å². The summed E-state index contributed by atoms with van der Waals surface area (Å²) >= 11 is 3.31. The molecule has 1 aromatic rings. The maximum absolute atomic E-state index is 9.79. The van der Waals surface area contributed by atoms with Crippen molar-refractivity contribution < 1.29 is 14.9 Å². The van der Waals surface area contributed by atoms with Crippen LogP contribution < -0.4 is 4.74 Å². The van der Waals surface area contributed by atoms with Crippen molar-refractivity contribution in [1.82, 2.24) is 0 Å². The van der Waals surface area contributed by atoms with Crippen molar-refractivity contribution >= 4 is 15.9 Å². The van der Waals surface area contributed by atoms with Gasteiger partial charge in [-0.15, -0.1) is 0 Å². The van der Waals surface area contributed by atoms with E-state index in [1.807, 2.05) is 6.07 Å². The first-order valence-electron chi connectivity index (χ1n) is 4.82. The third-order valence-electron chi connectivity index (χ3n) is 2.73. The van der Waals surface area contributed by atoms with Crippen molar-refractivity contribution in [2.75, 3.05) is 7.11 Å². The van der Waals surface area contributed by atoms with Crippen LogP contribution in [0.4, 0.5) is 0 Å². The molecule has 1 aliphatic rings. The second-order valence-corrected chi connectivity index (χ2v) is 4.78. The second kappa shape index (κ2) is 3.68. The molecule has 0 atom stereocenters. The molecule has 0 heterocycles. The first kappa shape index (κ1) is 10.8. The largest absolute Gasteiger partial charge is 0.503 e. The minimum absolute atomic E-state index is 0.0965. The fourth-order valence-corrected chi connectivity index (χ4v) is 2.03. The SMILES string of the molecule is COc1ccc(CC2(O)CC2)c(Br)c1O. The molecule has 0 radical (unpaired) electrons. The van der Waals surface area contributed by atoms with Crippen molar-refractivity contribution in [1.29, 1.82) is 0 Å². The van der Waals surface area contributed by atoms with Crippen LogP contribution in [0.2, 0.25) is 0 Å². The first-order valence-corrected chi connectivity index (χ1v) is 5.62. The zero-order valence-electron chi connectivity index (χ0n) is 8.46. The number of hydrogen-bond acceptors (Lipinski definition) is 3. The van der Waals surface area contributed by atoms with Gasteiger partial charge in [0.2, 0.25) is 0 Å². The molecule has 15 heavy (non-hydrogen) atoms. The molecule has 1 fully saturated rings. The molecule has 1 aromatic carbocycles. The summed E-state index contributed by atoms with van der Waals surface area (Å²) in [6.45, 7) is 0. The van der Waals surface area contributed by atoms with E-state index in [0.717, 1.165) is 18.4 Å². The van der Waals surface area contributed by atoms with E-state index in [9.17, 15) is 10.2 Å². The highest BCUT2D eigenvalue weighted by atomic mass is 79.9. The summed E-state index contributed by atoms with van der Waals surface area (Å²) in [5.74, 6) is 0.535. The Balaban J connectivity index is 2.29. The van der Waals surface area contributed by atoms with Crippen LogP contribution in [0.3, 0.4) is 0 Å². The van der Waals surface area contributed by atoms with Gasteiger partial charge in [0.15, 0.2) is 11.5 Å². The molecule has 4 heteroatoms. The van der Waals surface area contributed by atoms with E-state index < -0.39 is 5.60 Å². The Morgan fingerprint density at radius 3 is 2.67 bits per heavy atom. The number of ether oxygens (including phenoxy) is 1. The zero-order valence-corrected chi connectivity index (χ0v) is 10.0. The van der Waals surface area contributed by atoms with Gasteiger partial charge < -0.3 is 14.9 Å². The normalized spacial score (nSPS) is 17.5. The summed E-state index contributed by atoms with van der Waals surface area (Å²) in [7, 11) is 1.51. The summed E-state index contributed by atoms with van der Waals surface area (Å²) in [6.07, 6.45) is 2.25. The molecule has 0 aromatic heterocycles. The van der Waals surface area contributed by atoms with E-state index >= 15 is 0 Å². The lowest BCUT2D eigenvalue weighted by molar-refractivity contribution is 0.150. The Morgan fingerprint density at radius 1 is 1.47 bits per heavy atom. The molecule has 3 nitrogen and oxygen atoms in total. The minimum atomic E-state index is -0.552. The van der Waals surface area contributed by atoms with Gasteiger partial charge in [-0.3, -0.25) is 0 Å². The topological polar surface area (TPSA) is 49.7 Å². The molecular weight excluding hydrogens is 260 g/mol. The Hall–Kier alpha value is -0.740. The van der Waals surface area contributed by atoms with Gasteiger partial charge in [0, 0.05) is 6.42 Å². The van der Waals surface area contributed by atoms with Crippen LogP contribution in [-0.4, -0.2) is 22.9 Å². The summed E-state index contributed by atoms with van der Waals surface area (Å²) in [5.41, 5.74) is 0.358. The summed E-state index contributed by atoms with van der Waals surface area (Å²) in [5, 5.41) is 19.5. The quantitative estimate of drug-likeness (QED) is 0.887. The summed E-state index contributed by atoms with van der Waals surface area (Å²) in [4.78, 5) is 0. The van der Waals surface area contributed by atoms with Crippen LogP contribution in [0, 0.1) is 0 Å². The van der Waals surface area contributed by atoms with Gasteiger partial charge in [-0.25, -0.2) is 0 Å². The van der Waals surface area contributed by atoms with E-state index in [-0.39, 0.29) is 5.75 Å². The first-order chi connectivity index (χ1) is 7.06. The van der Waals surface area contributed by atoms with Crippen LogP contribution in [0.25, 0.3) is 0 Å². The molecule has 1 saturated carbocycles. The van der Waals surface area contributed by atoms with Crippen LogP contribution in [-0.2, 0) is 6.42 Å². The highest BCUT2D eigenvalue weighted by Gasteiger charge is 2.40. The van der Waals surface area contributed by atoms with Crippen molar-refractivity contribution in [2.45, 2.75) is 24.9 Å². The number of halogens is 1. The number of phenolic OH excluding ortho intramolecular Hbond substituents is 1. The summed E-state index contributed by atoms with van der Waals surface area (Å²) < 4.78 is 5.60. The maximum atomic E-state index is 9.79. The Morgan fingerprint density at radius 2 is 2.13 bits per heavy atom. The van der Waals surface area contributed by atoms with Gasteiger partial charge in [-0.2, -0.15) is 0 Å². The van der Waals surface area contributed by atoms with Crippen molar-refractivity contribution in [2.24, 2.45) is 0 Å². The third-order valence-corrected chi connectivity index (χ3v) is 3.61. The highest BCUT2D eigenvalue weighted by Crippen LogP contribution is 2.43. The molecule has 0 unspecified atom stereocenters. The third kappa shape index (κ3) is 2.11. The van der Waals surface area contributed by atoms with Gasteiger partial charge in [0.1, 0.15) is 0 Å². The highest BCUT2D eigenvalue weighted by molar-refractivity contribution is 9.10. The average Bonchev–Trinajstić information content (AvgIpc) is 2.92. The van der Waals surface area contributed by atoms with E-state index in [0.29, 0.717) is 16.6 Å². The van der Waals surface area contributed by atoms with Crippen LogP contribution in [0.5, 0.6) is 11.5 Å². The molecule has 0 amide bonds. The lowest BCUT2D eigenvalue weighted by Gasteiger charge is -2.12. The van der Waals surface area contributed by atoms with Gasteiger partial charge in [-0.1, -0.05) is 6.07 Å². The molecule has 0 saturated heterocycles. The number of rotatable bonds is 3. The number of hydrogen-bond donors (Lipinski definition) is 2. The van der Waals surface area contributed by atoms with E-state index in [1.54, 1.807) is 6.07 Å². The van der Waals surface area contributed by atoms with E-state index in [1.165, 1.54) is 7.11 Å². The van der Waals surface area contributed by atoms with Gasteiger partial charge >= 0.3 is 0 Å². The average molecular weight is 273 g/mol. The molecule has 2 rings (SSSR count). The number of aliphatic hydroxyl groups is 1. The lowest BCUT2D eigenvalue weighted by Crippen LogP contribution is -2.11. The number of methoxy groups -OCH3 is 1. The molecule has 0 bridgehead atoms. The number of phenols is 1. The summed E-state index contributed by atoms with van der Waals surface area (Å²) in [6, 6.07) is 3.57. The molecule has 0 aliphatic heterocycles. The predicted octanol–water partition coefficient (Wildman–Crippen LogP) is 2.23. The van der Waals surface area contributed by atoms with Crippen LogP contribution >= 0.6 is 15.9 Å². The minimum Gasteiger partial charge on any atom is -0.503 e. The Labute approximate surface area is 96.8 Å². The van der Waals surface area contributed by atoms with Crippen LogP contribution in [0.15, 0.2) is 16.6 Å². The van der Waals surface area contributed by atoms with Crippen molar-refractivity contribution in [3.05, 3.63) is 22.2 Å². The standard InChI is InChI=1S/C11H13BrO3/c1-15-8-3-2-7(9(12)10(8)13)6-11(14)4-5-11/h2-3,13-14H,4-6H2,1H3. The zero-order chi connectivity index (χ0) is 11.1. The number of aromatic hydroxyl groups is 1. The molecule has 2 N–H and O–H groups in total. The number of benzene rings is 1. The fraction of sp³-hybridized carbons (Fsp3) is 0.455. The Bertz CT molecular complexity index is 386. The lowest BCUT2D eigenvalue weighted by atomic mass is 10.1.